The summed E-state index contributed by atoms with van der Waals surface area (Å²) in [5.74, 6) is -0.751. The number of carboxylic acid groups (broad SMARTS) is 1. The van der Waals surface area contributed by atoms with Crippen molar-refractivity contribution >= 4 is 17.6 Å². The van der Waals surface area contributed by atoms with E-state index in [0.717, 1.165) is 0 Å². The molecule has 0 saturated heterocycles. The Labute approximate surface area is 109 Å². The highest BCUT2D eigenvalue weighted by atomic mass is 16.4. The Morgan fingerprint density at radius 1 is 1.32 bits per heavy atom. The van der Waals surface area contributed by atoms with E-state index in [2.05, 4.69) is 16.0 Å². The van der Waals surface area contributed by atoms with Crippen LogP contribution in [-0.2, 0) is 0 Å². The maximum Gasteiger partial charge on any atom is 0.338 e. The fourth-order valence-corrected chi connectivity index (χ4v) is 1.57. The molecule has 1 N–H and O–H groups in total. The molecule has 0 atom stereocenters. The monoisotopic (exact) mass is 254 g/mol. The summed E-state index contributed by atoms with van der Waals surface area (Å²) in [6.07, 6.45) is 2.46. The van der Waals surface area contributed by atoms with Gasteiger partial charge in [0.1, 0.15) is 6.07 Å². The van der Waals surface area contributed by atoms with Crippen molar-refractivity contribution in [2.24, 2.45) is 0 Å². The third-order valence-corrected chi connectivity index (χ3v) is 2.57. The van der Waals surface area contributed by atoms with E-state index >= 15 is 0 Å². The van der Waals surface area contributed by atoms with Gasteiger partial charge >= 0.3 is 5.97 Å². The highest BCUT2D eigenvalue weighted by Crippen LogP contribution is 2.23. The van der Waals surface area contributed by atoms with Gasteiger partial charge in [0.15, 0.2) is 0 Å². The Bertz CT molecular complexity index is 646. The van der Waals surface area contributed by atoms with E-state index in [4.69, 9.17) is 10.4 Å². The summed E-state index contributed by atoms with van der Waals surface area (Å²) in [6.45, 7) is 0. The number of hydrogen-bond acceptors (Lipinski definition) is 5. The summed E-state index contributed by atoms with van der Waals surface area (Å²) < 4.78 is 0. The summed E-state index contributed by atoms with van der Waals surface area (Å²) in [7, 11) is 1.71. The summed E-state index contributed by atoms with van der Waals surface area (Å²) in [5.41, 5.74) is 1.18. The first kappa shape index (κ1) is 12.5. The molecule has 94 valence electrons. The molecule has 0 spiro atoms. The molecule has 2 rings (SSSR count). The molecule has 6 nitrogen and oxygen atoms in total. The Kier molecular flexibility index (Phi) is 3.39. The number of aromatic carboxylic acids is 1. The van der Waals surface area contributed by atoms with Crippen molar-refractivity contribution in [3.63, 3.8) is 0 Å². The third kappa shape index (κ3) is 2.50. The normalized spacial score (nSPS) is 9.68. The molecule has 0 radical (unpaired) electrons. The quantitative estimate of drug-likeness (QED) is 0.898. The zero-order valence-electron chi connectivity index (χ0n) is 10.1. The minimum absolute atomic E-state index is 0.0192. The number of rotatable bonds is 3. The lowest BCUT2D eigenvalue weighted by Gasteiger charge is -2.17. The smallest absolute Gasteiger partial charge is 0.338 e. The number of carbonyl (C=O) groups is 1. The van der Waals surface area contributed by atoms with E-state index in [1.807, 2.05) is 0 Å². The third-order valence-electron chi connectivity index (χ3n) is 2.57. The minimum Gasteiger partial charge on any atom is -0.478 e. The highest BCUT2D eigenvalue weighted by molar-refractivity contribution is 5.86. The van der Waals surface area contributed by atoms with E-state index in [9.17, 15) is 4.79 Å². The first-order chi connectivity index (χ1) is 9.13. The Morgan fingerprint density at radius 2 is 1.95 bits per heavy atom. The van der Waals surface area contributed by atoms with Crippen LogP contribution in [0.1, 0.15) is 15.9 Å². The van der Waals surface area contributed by atoms with Gasteiger partial charge in [0.25, 0.3) is 0 Å². The second-order valence-corrected chi connectivity index (χ2v) is 3.76. The maximum absolute atomic E-state index is 10.7. The molecule has 2 aromatic rings. The van der Waals surface area contributed by atoms with Crippen LogP contribution >= 0.6 is 0 Å². The first-order valence-electron chi connectivity index (χ1n) is 5.41. The van der Waals surface area contributed by atoms with Gasteiger partial charge < -0.3 is 10.0 Å². The van der Waals surface area contributed by atoms with Crippen LogP contribution in [0.2, 0.25) is 0 Å². The molecule has 6 heteroatoms. The number of anilines is 2. The number of nitrogens with zero attached hydrogens (tertiary/aromatic N) is 4. The summed E-state index contributed by atoms with van der Waals surface area (Å²) in [6, 6.07) is 9.12. The van der Waals surface area contributed by atoms with Crippen LogP contribution in [0.5, 0.6) is 0 Å². The number of aromatic nitrogens is 2. The van der Waals surface area contributed by atoms with Gasteiger partial charge in [0.05, 0.1) is 16.8 Å². The molecule has 0 aliphatic rings. The predicted molar refractivity (Wildman–Crippen MR) is 68.2 cm³/mol. The maximum atomic E-state index is 10.7. The molecule has 0 aliphatic carbocycles. The number of nitriles is 1. The molecular formula is C13H10N4O2. The van der Waals surface area contributed by atoms with Crippen LogP contribution in [0, 0.1) is 11.3 Å². The number of hydrogen-bond donors (Lipinski definition) is 1. The van der Waals surface area contributed by atoms with Crippen LogP contribution in [0.4, 0.5) is 11.6 Å². The van der Waals surface area contributed by atoms with Gasteiger partial charge in [-0.25, -0.2) is 14.8 Å². The lowest BCUT2D eigenvalue weighted by atomic mass is 10.2. The van der Waals surface area contributed by atoms with E-state index in [1.165, 1.54) is 12.4 Å². The van der Waals surface area contributed by atoms with E-state index < -0.39 is 5.97 Å². The zero-order valence-corrected chi connectivity index (χ0v) is 10.1. The molecule has 1 aromatic heterocycles. The second-order valence-electron chi connectivity index (χ2n) is 3.76. The average molecular weight is 254 g/mol. The molecule has 0 unspecified atom stereocenters. The largest absolute Gasteiger partial charge is 0.478 e. The molecule has 0 fully saturated rings. The lowest BCUT2D eigenvalue weighted by molar-refractivity contribution is 0.0696. The lowest BCUT2D eigenvalue weighted by Crippen LogP contribution is -2.14. The molecule has 19 heavy (non-hydrogen) atoms. The van der Waals surface area contributed by atoms with Crippen molar-refractivity contribution in [1.82, 2.24) is 9.97 Å². The van der Waals surface area contributed by atoms with Crippen LogP contribution in [0.25, 0.3) is 0 Å². The van der Waals surface area contributed by atoms with Crippen molar-refractivity contribution in [2.45, 2.75) is 0 Å². The van der Waals surface area contributed by atoms with Crippen LogP contribution < -0.4 is 4.90 Å². The van der Waals surface area contributed by atoms with E-state index in [0.29, 0.717) is 17.2 Å². The van der Waals surface area contributed by atoms with Crippen molar-refractivity contribution in [3.05, 3.63) is 47.8 Å². The summed E-state index contributed by atoms with van der Waals surface area (Å²) in [4.78, 5) is 20.3. The SMILES string of the molecule is CN(c1ncc(C(=O)O)cn1)c1ccccc1C#N. The summed E-state index contributed by atoms with van der Waals surface area (Å²) in [5, 5.41) is 17.8. The van der Waals surface area contributed by atoms with Gasteiger partial charge in [-0.2, -0.15) is 5.26 Å². The van der Waals surface area contributed by atoms with Crippen molar-refractivity contribution in [3.8, 4) is 6.07 Å². The van der Waals surface area contributed by atoms with Crippen LogP contribution in [0.15, 0.2) is 36.7 Å². The topological polar surface area (TPSA) is 90.1 Å². The fourth-order valence-electron chi connectivity index (χ4n) is 1.57. The van der Waals surface area contributed by atoms with Crippen molar-refractivity contribution < 1.29 is 9.90 Å². The molecule has 1 aromatic carbocycles. The van der Waals surface area contributed by atoms with Crippen LogP contribution in [-0.4, -0.2) is 28.1 Å². The van der Waals surface area contributed by atoms with Gasteiger partial charge in [-0.15, -0.1) is 0 Å². The molecule has 0 bridgehead atoms. The molecule has 1 heterocycles. The molecule has 0 amide bonds. The van der Waals surface area contributed by atoms with Gasteiger partial charge in [-0.1, -0.05) is 12.1 Å². The Morgan fingerprint density at radius 3 is 2.53 bits per heavy atom. The minimum atomic E-state index is -1.08. The molecule has 0 aliphatic heterocycles. The van der Waals surface area contributed by atoms with Gasteiger partial charge in [-0.05, 0) is 12.1 Å². The number of carboxylic acids is 1. The van der Waals surface area contributed by atoms with Crippen LogP contribution in [0.3, 0.4) is 0 Å². The highest BCUT2D eigenvalue weighted by Gasteiger charge is 2.12. The zero-order chi connectivity index (χ0) is 13.8. The summed E-state index contributed by atoms with van der Waals surface area (Å²) >= 11 is 0. The Hall–Kier alpha value is -2.94. The standard InChI is InChI=1S/C13H10N4O2/c1-17(11-5-3-2-4-9(11)6-14)13-15-7-10(8-16-13)12(18)19/h2-5,7-8H,1H3,(H,18,19). The van der Waals surface area contributed by atoms with Gasteiger partial charge in [0, 0.05) is 19.4 Å². The fraction of sp³-hybridized carbons (Fsp3) is 0.0769. The second kappa shape index (κ2) is 5.14. The number of benzene rings is 1. The van der Waals surface area contributed by atoms with Gasteiger partial charge in [0.2, 0.25) is 5.95 Å². The van der Waals surface area contributed by atoms with Gasteiger partial charge in [-0.3, -0.25) is 0 Å². The van der Waals surface area contributed by atoms with E-state index in [1.54, 1.807) is 36.2 Å². The van der Waals surface area contributed by atoms with Crippen molar-refractivity contribution in [2.75, 3.05) is 11.9 Å². The first-order valence-corrected chi connectivity index (χ1v) is 5.41. The van der Waals surface area contributed by atoms with Crippen molar-refractivity contribution in [1.29, 1.82) is 5.26 Å². The molecule has 0 saturated carbocycles. The predicted octanol–water partition coefficient (Wildman–Crippen LogP) is 1.81. The average Bonchev–Trinajstić information content (AvgIpc) is 2.46. The molecular weight excluding hydrogens is 244 g/mol. The Balaban J connectivity index is 2.36. The number of para-hydroxylation sites is 1. The van der Waals surface area contributed by atoms with E-state index in [-0.39, 0.29) is 5.56 Å².